The molecule has 6 nitrogen and oxygen atoms in total. The number of aliphatic imine (C=N–C) groups is 1. The smallest absolute Gasteiger partial charge is 0.193 e. The Morgan fingerprint density at radius 2 is 1.93 bits per heavy atom. The van der Waals surface area contributed by atoms with Crippen LogP contribution in [0.1, 0.15) is 38.4 Å². The Morgan fingerprint density at radius 1 is 1.22 bits per heavy atom. The molecule has 0 spiro atoms. The summed E-state index contributed by atoms with van der Waals surface area (Å²) in [6.07, 6.45) is 7.10. The lowest BCUT2D eigenvalue weighted by molar-refractivity contribution is 0.250. The Morgan fingerprint density at radius 3 is 2.59 bits per heavy atom. The summed E-state index contributed by atoms with van der Waals surface area (Å²) in [4.78, 5) is 6.68. The molecule has 1 N–H and O–H groups in total. The minimum absolute atomic E-state index is 0. The van der Waals surface area contributed by atoms with Crippen molar-refractivity contribution in [2.45, 2.75) is 39.2 Å². The molecule has 0 radical (unpaired) electrons. The molecule has 0 saturated heterocycles. The first-order valence-electron chi connectivity index (χ1n) is 9.53. The van der Waals surface area contributed by atoms with Crippen LogP contribution in [-0.4, -0.2) is 46.3 Å². The standard InChI is InChI=1S/C20H30N6.HI/c1-16-9-11-17(12-10-16)14-25(3)20(21-2)22-13-19-24-23-15-26(19)18-7-5-4-6-8-18;/h4-8,15-17H,9-14H2,1-3H3,(H,21,22);1H. The van der Waals surface area contributed by atoms with Crippen LogP contribution in [0, 0.1) is 11.8 Å². The quantitative estimate of drug-likeness (QED) is 0.401. The molecule has 0 amide bonds. The number of nitrogens with zero attached hydrogens (tertiary/aromatic N) is 5. The molecule has 1 fully saturated rings. The summed E-state index contributed by atoms with van der Waals surface area (Å²) in [5, 5.41) is 11.8. The summed E-state index contributed by atoms with van der Waals surface area (Å²) < 4.78 is 2.00. The number of para-hydroxylation sites is 1. The van der Waals surface area contributed by atoms with E-state index in [9.17, 15) is 0 Å². The molecule has 1 aliphatic carbocycles. The fraction of sp³-hybridized carbons (Fsp3) is 0.550. The lowest BCUT2D eigenvalue weighted by Crippen LogP contribution is -2.41. The number of rotatable bonds is 5. The van der Waals surface area contributed by atoms with Crippen LogP contribution in [0.15, 0.2) is 41.7 Å². The molecule has 1 aromatic carbocycles. The predicted molar refractivity (Wildman–Crippen MR) is 121 cm³/mol. The zero-order valence-electron chi connectivity index (χ0n) is 16.5. The molecule has 1 aromatic heterocycles. The monoisotopic (exact) mass is 482 g/mol. The minimum Gasteiger partial charge on any atom is -0.349 e. The van der Waals surface area contributed by atoms with Crippen molar-refractivity contribution in [3.63, 3.8) is 0 Å². The highest BCUT2D eigenvalue weighted by molar-refractivity contribution is 14.0. The Kier molecular flexibility index (Phi) is 8.53. The summed E-state index contributed by atoms with van der Waals surface area (Å²) in [5.74, 6) is 3.43. The molecule has 27 heavy (non-hydrogen) atoms. The Balaban J connectivity index is 0.00000261. The normalized spacial score (nSPS) is 20.0. The van der Waals surface area contributed by atoms with Crippen molar-refractivity contribution in [3.8, 4) is 5.69 Å². The van der Waals surface area contributed by atoms with Crippen LogP contribution in [0.5, 0.6) is 0 Å². The molecule has 148 valence electrons. The van der Waals surface area contributed by atoms with Gasteiger partial charge in [0.05, 0.1) is 6.54 Å². The minimum atomic E-state index is 0. The fourth-order valence-corrected chi connectivity index (χ4v) is 3.71. The summed E-state index contributed by atoms with van der Waals surface area (Å²) >= 11 is 0. The van der Waals surface area contributed by atoms with E-state index in [1.807, 2.05) is 29.8 Å². The van der Waals surface area contributed by atoms with Crippen molar-refractivity contribution < 1.29 is 0 Å². The molecular weight excluding hydrogens is 451 g/mol. The highest BCUT2D eigenvalue weighted by Gasteiger charge is 2.20. The van der Waals surface area contributed by atoms with Crippen molar-refractivity contribution in [3.05, 3.63) is 42.5 Å². The van der Waals surface area contributed by atoms with Gasteiger partial charge in [-0.3, -0.25) is 9.56 Å². The first-order valence-corrected chi connectivity index (χ1v) is 9.53. The summed E-state index contributed by atoms with van der Waals surface area (Å²) in [5.41, 5.74) is 1.06. The van der Waals surface area contributed by atoms with Crippen LogP contribution >= 0.6 is 24.0 Å². The second-order valence-corrected chi connectivity index (χ2v) is 7.36. The van der Waals surface area contributed by atoms with Crippen molar-refractivity contribution in [2.24, 2.45) is 16.8 Å². The van der Waals surface area contributed by atoms with E-state index in [4.69, 9.17) is 0 Å². The van der Waals surface area contributed by atoms with Crippen LogP contribution in [0.25, 0.3) is 5.69 Å². The SMILES string of the molecule is CN=C(NCc1nncn1-c1ccccc1)N(C)CC1CCC(C)CC1.I. The molecular formula is C20H31IN6. The fourth-order valence-electron chi connectivity index (χ4n) is 3.71. The van der Waals surface area contributed by atoms with E-state index < -0.39 is 0 Å². The van der Waals surface area contributed by atoms with Crippen LogP contribution in [0.4, 0.5) is 0 Å². The van der Waals surface area contributed by atoms with Crippen molar-refractivity contribution in [1.82, 2.24) is 25.0 Å². The third kappa shape index (κ3) is 5.92. The lowest BCUT2D eigenvalue weighted by atomic mass is 9.83. The largest absolute Gasteiger partial charge is 0.349 e. The first-order chi connectivity index (χ1) is 12.7. The van der Waals surface area contributed by atoms with Gasteiger partial charge in [-0.25, -0.2) is 0 Å². The van der Waals surface area contributed by atoms with E-state index in [-0.39, 0.29) is 24.0 Å². The number of halogens is 1. The molecule has 1 saturated carbocycles. The van der Waals surface area contributed by atoms with E-state index >= 15 is 0 Å². The predicted octanol–water partition coefficient (Wildman–Crippen LogP) is 3.72. The van der Waals surface area contributed by atoms with Gasteiger partial charge >= 0.3 is 0 Å². The number of hydrogen-bond acceptors (Lipinski definition) is 3. The zero-order chi connectivity index (χ0) is 18.4. The third-order valence-electron chi connectivity index (χ3n) is 5.30. The van der Waals surface area contributed by atoms with Crippen LogP contribution in [-0.2, 0) is 6.54 Å². The van der Waals surface area contributed by atoms with Crippen LogP contribution in [0.3, 0.4) is 0 Å². The second kappa shape index (κ2) is 10.6. The summed E-state index contributed by atoms with van der Waals surface area (Å²) in [7, 11) is 3.96. The van der Waals surface area contributed by atoms with E-state index in [2.05, 4.69) is 51.5 Å². The maximum Gasteiger partial charge on any atom is 0.193 e. The Labute approximate surface area is 179 Å². The van der Waals surface area contributed by atoms with Gasteiger partial charge < -0.3 is 10.2 Å². The van der Waals surface area contributed by atoms with E-state index in [1.54, 1.807) is 6.33 Å². The second-order valence-electron chi connectivity index (χ2n) is 7.36. The molecule has 2 aromatic rings. The van der Waals surface area contributed by atoms with Gasteiger partial charge in [-0.1, -0.05) is 38.0 Å². The summed E-state index contributed by atoms with van der Waals surface area (Å²) in [6.45, 7) is 4.01. The molecule has 1 heterocycles. The summed E-state index contributed by atoms with van der Waals surface area (Å²) in [6, 6.07) is 10.2. The van der Waals surface area contributed by atoms with Gasteiger partial charge in [0.2, 0.25) is 0 Å². The average Bonchev–Trinajstić information content (AvgIpc) is 3.13. The molecule has 0 aliphatic heterocycles. The van der Waals surface area contributed by atoms with E-state index in [0.29, 0.717) is 6.54 Å². The number of benzene rings is 1. The molecule has 0 bridgehead atoms. The van der Waals surface area contributed by atoms with Gasteiger partial charge in [0.1, 0.15) is 6.33 Å². The first kappa shape index (κ1) is 21.7. The van der Waals surface area contributed by atoms with Gasteiger partial charge in [-0.15, -0.1) is 34.2 Å². The number of guanidine groups is 1. The molecule has 0 unspecified atom stereocenters. The van der Waals surface area contributed by atoms with Gasteiger partial charge in [0.25, 0.3) is 0 Å². The third-order valence-corrected chi connectivity index (χ3v) is 5.30. The van der Waals surface area contributed by atoms with Gasteiger partial charge in [0.15, 0.2) is 11.8 Å². The Hall–Kier alpha value is -1.64. The molecule has 1 aliphatic rings. The highest BCUT2D eigenvalue weighted by atomic mass is 127. The van der Waals surface area contributed by atoms with E-state index in [1.165, 1.54) is 25.7 Å². The molecule has 0 atom stereocenters. The highest BCUT2D eigenvalue weighted by Crippen LogP contribution is 2.28. The number of hydrogen-bond donors (Lipinski definition) is 1. The van der Waals surface area contributed by atoms with Gasteiger partial charge in [-0.2, -0.15) is 0 Å². The number of aromatic nitrogens is 3. The average molecular weight is 482 g/mol. The van der Waals surface area contributed by atoms with Crippen LogP contribution < -0.4 is 5.32 Å². The lowest BCUT2D eigenvalue weighted by Gasteiger charge is -2.31. The maximum absolute atomic E-state index is 4.44. The maximum atomic E-state index is 4.44. The van der Waals surface area contributed by atoms with Crippen molar-refractivity contribution in [1.29, 1.82) is 0 Å². The topological polar surface area (TPSA) is 58.3 Å². The zero-order valence-corrected chi connectivity index (χ0v) is 18.8. The van der Waals surface area contributed by atoms with Crippen molar-refractivity contribution in [2.75, 3.05) is 20.6 Å². The molecule has 3 rings (SSSR count). The Bertz CT molecular complexity index is 706. The molecule has 7 heteroatoms. The number of nitrogens with one attached hydrogen (secondary N) is 1. The van der Waals surface area contributed by atoms with Gasteiger partial charge in [0, 0.05) is 26.3 Å². The van der Waals surface area contributed by atoms with Gasteiger partial charge in [-0.05, 0) is 36.8 Å². The van der Waals surface area contributed by atoms with Crippen molar-refractivity contribution >= 4 is 29.9 Å². The van der Waals surface area contributed by atoms with Crippen LogP contribution in [0.2, 0.25) is 0 Å². The van der Waals surface area contributed by atoms with E-state index in [0.717, 1.165) is 35.9 Å².